The van der Waals surface area contributed by atoms with Crippen molar-refractivity contribution in [3.63, 3.8) is 0 Å². The highest BCUT2D eigenvalue weighted by molar-refractivity contribution is 7.99. The second kappa shape index (κ2) is 6.98. The Balaban J connectivity index is 2.12. The monoisotopic (exact) mass is 265 g/mol. The van der Waals surface area contributed by atoms with Crippen LogP contribution in [0.4, 0.5) is 5.82 Å². The van der Waals surface area contributed by atoms with E-state index in [1.807, 2.05) is 11.8 Å². The molecule has 1 N–H and O–H groups in total. The molecule has 2 rings (SSSR count). The summed E-state index contributed by atoms with van der Waals surface area (Å²) in [6.07, 6.45) is 9.27. The molecule has 1 aliphatic rings. The minimum atomic E-state index is 0.768. The quantitative estimate of drug-likeness (QED) is 0.792. The number of nitrogens with zero attached hydrogens (tertiary/aromatic N) is 2. The van der Waals surface area contributed by atoms with Gasteiger partial charge in [0.15, 0.2) is 0 Å². The first kappa shape index (κ1) is 13.7. The van der Waals surface area contributed by atoms with Gasteiger partial charge in [-0.1, -0.05) is 26.7 Å². The zero-order valence-electron chi connectivity index (χ0n) is 11.4. The zero-order valence-corrected chi connectivity index (χ0v) is 12.2. The number of hydrogen-bond acceptors (Lipinski definition) is 4. The smallest absolute Gasteiger partial charge is 0.133 e. The van der Waals surface area contributed by atoms with E-state index in [1.54, 1.807) is 6.33 Å². The van der Waals surface area contributed by atoms with Gasteiger partial charge < -0.3 is 5.32 Å². The molecule has 4 heteroatoms. The average molecular weight is 265 g/mol. The molecule has 0 aromatic carbocycles. The third kappa shape index (κ3) is 3.37. The molecule has 1 aromatic heterocycles. The van der Waals surface area contributed by atoms with Crippen molar-refractivity contribution in [3.8, 4) is 0 Å². The molecular weight excluding hydrogens is 242 g/mol. The third-order valence-corrected chi connectivity index (χ3v) is 4.76. The van der Waals surface area contributed by atoms with E-state index in [4.69, 9.17) is 0 Å². The third-order valence-electron chi connectivity index (χ3n) is 3.38. The van der Waals surface area contributed by atoms with Gasteiger partial charge in [-0.2, -0.15) is 0 Å². The van der Waals surface area contributed by atoms with Gasteiger partial charge in [-0.15, -0.1) is 11.8 Å². The summed E-state index contributed by atoms with van der Waals surface area (Å²) in [5.74, 6) is 1.04. The Kier molecular flexibility index (Phi) is 5.29. The molecule has 0 spiro atoms. The summed E-state index contributed by atoms with van der Waals surface area (Å²) < 4.78 is 0. The van der Waals surface area contributed by atoms with Gasteiger partial charge in [-0.3, -0.25) is 0 Å². The summed E-state index contributed by atoms with van der Waals surface area (Å²) in [6.45, 7) is 5.35. The Morgan fingerprint density at radius 2 is 2.06 bits per heavy atom. The fraction of sp³-hybridized carbons (Fsp3) is 0.714. The van der Waals surface area contributed by atoms with Crippen LogP contribution in [-0.4, -0.2) is 21.8 Å². The van der Waals surface area contributed by atoms with Crippen LogP contribution in [0.2, 0.25) is 0 Å². The molecule has 0 saturated heterocycles. The van der Waals surface area contributed by atoms with Crippen LogP contribution in [0.15, 0.2) is 11.4 Å². The van der Waals surface area contributed by atoms with E-state index >= 15 is 0 Å². The summed E-state index contributed by atoms with van der Waals surface area (Å²) in [7, 11) is 0. The van der Waals surface area contributed by atoms with Gasteiger partial charge in [-0.25, -0.2) is 9.97 Å². The maximum atomic E-state index is 4.49. The highest BCUT2D eigenvalue weighted by atomic mass is 32.2. The Hall–Kier alpha value is -0.770. The highest BCUT2D eigenvalue weighted by Crippen LogP contribution is 2.36. The maximum Gasteiger partial charge on any atom is 0.133 e. The molecule has 1 heterocycles. The zero-order chi connectivity index (χ0) is 12.8. The summed E-state index contributed by atoms with van der Waals surface area (Å²) in [4.78, 5) is 8.88. The number of rotatable bonds is 6. The first-order chi connectivity index (χ1) is 8.85. The van der Waals surface area contributed by atoms with Gasteiger partial charge in [0.1, 0.15) is 17.2 Å². The molecule has 1 fully saturated rings. The van der Waals surface area contributed by atoms with Crippen molar-refractivity contribution in [2.24, 2.45) is 0 Å². The lowest BCUT2D eigenvalue weighted by atomic mass is 10.2. The number of anilines is 1. The van der Waals surface area contributed by atoms with Crippen LogP contribution >= 0.6 is 11.8 Å². The molecule has 1 aromatic rings. The molecule has 0 unspecified atom stereocenters. The summed E-state index contributed by atoms with van der Waals surface area (Å²) in [6, 6.07) is 0. The van der Waals surface area contributed by atoms with E-state index in [1.165, 1.54) is 36.3 Å². The van der Waals surface area contributed by atoms with Crippen molar-refractivity contribution >= 4 is 17.6 Å². The Labute approximate surface area is 114 Å². The van der Waals surface area contributed by atoms with E-state index in [9.17, 15) is 0 Å². The van der Waals surface area contributed by atoms with Crippen molar-refractivity contribution in [2.75, 3.05) is 11.9 Å². The van der Waals surface area contributed by atoms with Crippen molar-refractivity contribution in [3.05, 3.63) is 11.9 Å². The van der Waals surface area contributed by atoms with Crippen molar-refractivity contribution in [1.82, 2.24) is 9.97 Å². The molecule has 0 radical (unpaired) electrons. The fourth-order valence-electron chi connectivity index (χ4n) is 2.38. The molecular formula is C14H23N3S. The molecule has 18 heavy (non-hydrogen) atoms. The molecule has 100 valence electrons. The second-order valence-corrected chi connectivity index (χ2v) is 6.10. The van der Waals surface area contributed by atoms with Crippen LogP contribution in [0, 0.1) is 0 Å². The van der Waals surface area contributed by atoms with Gasteiger partial charge in [0, 0.05) is 17.4 Å². The number of hydrogen-bond donors (Lipinski definition) is 1. The Morgan fingerprint density at radius 3 is 2.72 bits per heavy atom. The molecule has 3 nitrogen and oxygen atoms in total. The van der Waals surface area contributed by atoms with Gasteiger partial charge >= 0.3 is 0 Å². The van der Waals surface area contributed by atoms with E-state index in [-0.39, 0.29) is 0 Å². The normalized spacial score (nSPS) is 16.1. The molecule has 1 saturated carbocycles. The predicted octanol–water partition coefficient (Wildman–Crippen LogP) is 3.90. The number of thioether (sulfide) groups is 1. The summed E-state index contributed by atoms with van der Waals surface area (Å²) >= 11 is 1.96. The fourth-order valence-corrected chi connectivity index (χ4v) is 3.75. The van der Waals surface area contributed by atoms with Crippen LogP contribution in [-0.2, 0) is 6.42 Å². The lowest BCUT2D eigenvalue weighted by Crippen LogP contribution is -2.08. The molecule has 0 bridgehead atoms. The standard InChI is InChI=1S/C14H23N3S/c1-3-9-15-13-12(4-2)14(17-10-16-13)18-11-7-5-6-8-11/h10-11H,3-9H2,1-2H3,(H,15,16,17). The molecule has 0 aliphatic heterocycles. The van der Waals surface area contributed by atoms with Gasteiger partial charge in [0.25, 0.3) is 0 Å². The minimum absolute atomic E-state index is 0.768. The van der Waals surface area contributed by atoms with Crippen LogP contribution in [0.1, 0.15) is 51.5 Å². The van der Waals surface area contributed by atoms with E-state index in [0.29, 0.717) is 0 Å². The van der Waals surface area contributed by atoms with Crippen molar-refractivity contribution in [1.29, 1.82) is 0 Å². The van der Waals surface area contributed by atoms with Crippen LogP contribution in [0.3, 0.4) is 0 Å². The lowest BCUT2D eigenvalue weighted by Gasteiger charge is -2.14. The number of nitrogens with one attached hydrogen (secondary N) is 1. The van der Waals surface area contributed by atoms with E-state index in [2.05, 4.69) is 29.1 Å². The summed E-state index contributed by atoms with van der Waals surface area (Å²) in [5, 5.41) is 5.38. The van der Waals surface area contributed by atoms with E-state index < -0.39 is 0 Å². The van der Waals surface area contributed by atoms with Crippen molar-refractivity contribution < 1.29 is 0 Å². The topological polar surface area (TPSA) is 37.8 Å². The van der Waals surface area contributed by atoms with Gasteiger partial charge in [0.2, 0.25) is 0 Å². The molecule has 0 atom stereocenters. The van der Waals surface area contributed by atoms with E-state index in [0.717, 1.165) is 30.5 Å². The van der Waals surface area contributed by atoms with Crippen LogP contribution in [0.5, 0.6) is 0 Å². The predicted molar refractivity (Wildman–Crippen MR) is 78.3 cm³/mol. The lowest BCUT2D eigenvalue weighted by molar-refractivity contribution is 0.881. The van der Waals surface area contributed by atoms with Crippen LogP contribution < -0.4 is 5.32 Å². The second-order valence-electron chi connectivity index (χ2n) is 4.81. The van der Waals surface area contributed by atoms with Gasteiger partial charge in [0.05, 0.1) is 0 Å². The Bertz CT molecular complexity index is 375. The highest BCUT2D eigenvalue weighted by Gasteiger charge is 2.19. The van der Waals surface area contributed by atoms with Crippen molar-refractivity contribution in [2.45, 2.75) is 62.6 Å². The summed E-state index contributed by atoms with van der Waals surface area (Å²) in [5.41, 5.74) is 1.29. The minimum Gasteiger partial charge on any atom is -0.370 e. The molecule has 0 amide bonds. The first-order valence-electron chi connectivity index (χ1n) is 7.09. The Morgan fingerprint density at radius 1 is 1.28 bits per heavy atom. The molecule has 1 aliphatic carbocycles. The first-order valence-corrected chi connectivity index (χ1v) is 7.97. The number of aromatic nitrogens is 2. The average Bonchev–Trinajstić information content (AvgIpc) is 2.89. The van der Waals surface area contributed by atoms with Crippen LogP contribution in [0.25, 0.3) is 0 Å². The van der Waals surface area contributed by atoms with Gasteiger partial charge in [-0.05, 0) is 25.7 Å². The largest absolute Gasteiger partial charge is 0.370 e. The maximum absolute atomic E-state index is 4.49. The SMILES string of the molecule is CCCNc1ncnc(SC2CCCC2)c1CC.